The Labute approximate surface area is 68.6 Å². The molecule has 0 spiro atoms. The van der Waals surface area contributed by atoms with Crippen molar-refractivity contribution in [1.82, 2.24) is 0 Å². The summed E-state index contributed by atoms with van der Waals surface area (Å²) in [6.07, 6.45) is -0.0597. The number of epoxide rings is 1. The van der Waals surface area contributed by atoms with Gasteiger partial charge in [-0.05, 0) is 0 Å². The molecule has 1 fully saturated rings. The number of hydrogen-bond acceptors (Lipinski definition) is 4. The standard InChI is InChI=1S/C7H8O5/c1-4(6(8)9)7(10)12-3-5-2-11-5/h5H,1-3H2,(H,8,9). The topological polar surface area (TPSA) is 76.1 Å². The molecule has 0 aromatic heterocycles. The SMILES string of the molecule is C=C(C(=O)O)C(=O)OCC1CO1. The van der Waals surface area contributed by atoms with Crippen molar-refractivity contribution in [2.45, 2.75) is 6.10 Å². The maximum atomic E-state index is 10.8. The van der Waals surface area contributed by atoms with Gasteiger partial charge in [0.1, 0.15) is 18.3 Å². The molecule has 1 unspecified atom stereocenters. The lowest BCUT2D eigenvalue weighted by Crippen LogP contribution is -2.16. The summed E-state index contributed by atoms with van der Waals surface area (Å²) in [6.45, 7) is 3.70. The minimum Gasteiger partial charge on any atom is -0.477 e. The lowest BCUT2D eigenvalue weighted by atomic mass is 10.3. The van der Waals surface area contributed by atoms with E-state index in [2.05, 4.69) is 11.3 Å². The Morgan fingerprint density at radius 2 is 2.25 bits per heavy atom. The number of esters is 1. The molecule has 0 amide bonds. The quantitative estimate of drug-likeness (QED) is 0.205. The number of rotatable bonds is 4. The predicted molar refractivity (Wildman–Crippen MR) is 37.5 cm³/mol. The summed E-state index contributed by atoms with van der Waals surface area (Å²) in [5, 5.41) is 8.30. The van der Waals surface area contributed by atoms with Gasteiger partial charge in [-0.3, -0.25) is 0 Å². The molecule has 66 valence electrons. The summed E-state index contributed by atoms with van der Waals surface area (Å²) in [5.41, 5.74) is -0.560. The van der Waals surface area contributed by atoms with Crippen LogP contribution in [0.1, 0.15) is 0 Å². The Morgan fingerprint density at radius 1 is 1.67 bits per heavy atom. The average Bonchev–Trinajstić information content (AvgIpc) is 2.81. The molecule has 0 aliphatic carbocycles. The van der Waals surface area contributed by atoms with Gasteiger partial charge < -0.3 is 14.6 Å². The van der Waals surface area contributed by atoms with Crippen molar-refractivity contribution in [2.24, 2.45) is 0 Å². The van der Waals surface area contributed by atoms with Gasteiger partial charge in [0, 0.05) is 0 Å². The lowest BCUT2D eigenvalue weighted by molar-refractivity contribution is -0.144. The van der Waals surface area contributed by atoms with E-state index in [0.717, 1.165) is 0 Å². The Morgan fingerprint density at radius 3 is 2.67 bits per heavy atom. The number of carbonyl (C=O) groups is 2. The minimum atomic E-state index is -1.36. The van der Waals surface area contributed by atoms with Crippen LogP contribution in [0.15, 0.2) is 12.2 Å². The highest BCUT2D eigenvalue weighted by atomic mass is 16.6. The first-order valence-electron chi connectivity index (χ1n) is 3.32. The van der Waals surface area contributed by atoms with Crippen molar-refractivity contribution < 1.29 is 24.2 Å². The van der Waals surface area contributed by atoms with E-state index in [-0.39, 0.29) is 12.7 Å². The van der Waals surface area contributed by atoms with Gasteiger partial charge in [0.2, 0.25) is 0 Å². The summed E-state index contributed by atoms with van der Waals surface area (Å²) in [4.78, 5) is 20.9. The van der Waals surface area contributed by atoms with Gasteiger partial charge in [0.15, 0.2) is 0 Å². The minimum absolute atomic E-state index is 0.0597. The van der Waals surface area contributed by atoms with Gasteiger partial charge in [-0.15, -0.1) is 0 Å². The normalized spacial score (nSPS) is 19.8. The molecule has 5 nitrogen and oxygen atoms in total. The maximum Gasteiger partial charge on any atom is 0.345 e. The summed E-state index contributed by atoms with van der Waals surface area (Å²) in [5.74, 6) is -2.27. The highest BCUT2D eigenvalue weighted by Gasteiger charge is 2.25. The monoisotopic (exact) mass is 172 g/mol. The molecule has 5 heteroatoms. The van der Waals surface area contributed by atoms with Crippen LogP contribution in [0.3, 0.4) is 0 Å². The molecule has 0 bridgehead atoms. The first-order valence-corrected chi connectivity index (χ1v) is 3.32. The number of ether oxygens (including phenoxy) is 2. The van der Waals surface area contributed by atoms with Gasteiger partial charge in [0.05, 0.1) is 6.61 Å². The molecule has 1 saturated heterocycles. The number of aliphatic carboxylic acids is 1. The fourth-order valence-corrected chi connectivity index (χ4v) is 0.507. The molecule has 12 heavy (non-hydrogen) atoms. The van der Waals surface area contributed by atoms with Gasteiger partial charge in [-0.25, -0.2) is 9.59 Å². The van der Waals surface area contributed by atoms with E-state index < -0.39 is 17.5 Å². The Kier molecular flexibility index (Phi) is 2.44. The second kappa shape index (κ2) is 3.36. The number of carbonyl (C=O) groups excluding carboxylic acids is 1. The van der Waals surface area contributed by atoms with Crippen LogP contribution in [0.25, 0.3) is 0 Å². The highest BCUT2D eigenvalue weighted by Crippen LogP contribution is 2.09. The third-order valence-corrected chi connectivity index (χ3v) is 1.31. The zero-order valence-electron chi connectivity index (χ0n) is 6.28. The van der Waals surface area contributed by atoms with Crippen molar-refractivity contribution in [3.05, 3.63) is 12.2 Å². The van der Waals surface area contributed by atoms with Gasteiger partial charge in [-0.1, -0.05) is 6.58 Å². The largest absolute Gasteiger partial charge is 0.477 e. The first-order chi connectivity index (χ1) is 5.61. The van der Waals surface area contributed by atoms with Crippen LogP contribution >= 0.6 is 0 Å². The molecule has 1 atom stereocenters. The summed E-state index contributed by atoms with van der Waals surface area (Å²) in [6, 6.07) is 0. The molecular formula is C7H8O5. The molecule has 1 N–H and O–H groups in total. The lowest BCUT2D eigenvalue weighted by Gasteiger charge is -2.00. The molecular weight excluding hydrogens is 164 g/mol. The molecule has 1 aliphatic rings. The molecule has 0 saturated carbocycles. The first kappa shape index (κ1) is 8.73. The number of hydrogen-bond donors (Lipinski definition) is 1. The van der Waals surface area contributed by atoms with Crippen molar-refractivity contribution in [3.63, 3.8) is 0 Å². The van der Waals surface area contributed by atoms with Crippen molar-refractivity contribution >= 4 is 11.9 Å². The van der Waals surface area contributed by atoms with Crippen molar-refractivity contribution in [2.75, 3.05) is 13.2 Å². The van der Waals surface area contributed by atoms with Crippen LogP contribution in [0.4, 0.5) is 0 Å². The Hall–Kier alpha value is -1.36. The second-order valence-electron chi connectivity index (χ2n) is 2.34. The number of carboxylic acids is 1. The van der Waals surface area contributed by atoms with Gasteiger partial charge in [0.25, 0.3) is 0 Å². The van der Waals surface area contributed by atoms with Crippen molar-refractivity contribution in [3.8, 4) is 0 Å². The smallest absolute Gasteiger partial charge is 0.345 e. The van der Waals surface area contributed by atoms with Crippen LogP contribution in [0.2, 0.25) is 0 Å². The van der Waals surface area contributed by atoms with Crippen molar-refractivity contribution in [1.29, 1.82) is 0 Å². The summed E-state index contributed by atoms with van der Waals surface area (Å²) in [7, 11) is 0. The molecule has 1 heterocycles. The zero-order chi connectivity index (χ0) is 9.14. The molecule has 0 radical (unpaired) electrons. The molecule has 0 aromatic carbocycles. The van der Waals surface area contributed by atoms with E-state index in [4.69, 9.17) is 9.84 Å². The fraction of sp³-hybridized carbons (Fsp3) is 0.429. The fourth-order valence-electron chi connectivity index (χ4n) is 0.507. The van der Waals surface area contributed by atoms with E-state index >= 15 is 0 Å². The molecule has 0 aromatic rings. The summed E-state index contributed by atoms with van der Waals surface area (Å²) < 4.78 is 9.29. The molecule has 1 rings (SSSR count). The van der Waals surface area contributed by atoms with E-state index in [0.29, 0.717) is 6.61 Å². The van der Waals surface area contributed by atoms with E-state index in [9.17, 15) is 9.59 Å². The third-order valence-electron chi connectivity index (χ3n) is 1.31. The average molecular weight is 172 g/mol. The zero-order valence-corrected chi connectivity index (χ0v) is 6.28. The van der Waals surface area contributed by atoms with Crippen LogP contribution < -0.4 is 0 Å². The van der Waals surface area contributed by atoms with E-state index in [1.54, 1.807) is 0 Å². The van der Waals surface area contributed by atoms with Crippen LogP contribution in [-0.2, 0) is 19.1 Å². The van der Waals surface area contributed by atoms with Crippen LogP contribution in [-0.4, -0.2) is 36.4 Å². The maximum absolute atomic E-state index is 10.8. The highest BCUT2D eigenvalue weighted by molar-refractivity contribution is 6.12. The van der Waals surface area contributed by atoms with Crippen LogP contribution in [0, 0.1) is 0 Å². The summed E-state index contributed by atoms with van der Waals surface area (Å²) >= 11 is 0. The number of carboxylic acid groups (broad SMARTS) is 1. The third kappa shape index (κ3) is 2.35. The Bertz CT molecular complexity index is 228. The second-order valence-corrected chi connectivity index (χ2v) is 2.34. The van der Waals surface area contributed by atoms with Gasteiger partial charge in [-0.2, -0.15) is 0 Å². The van der Waals surface area contributed by atoms with Gasteiger partial charge >= 0.3 is 11.9 Å². The van der Waals surface area contributed by atoms with E-state index in [1.165, 1.54) is 0 Å². The van der Waals surface area contributed by atoms with Crippen LogP contribution in [0.5, 0.6) is 0 Å². The predicted octanol–water partition coefficient (Wildman–Crippen LogP) is -0.431. The Balaban J connectivity index is 2.26. The van der Waals surface area contributed by atoms with E-state index in [1.807, 2.05) is 0 Å². The molecule has 1 aliphatic heterocycles.